The van der Waals surface area contributed by atoms with Crippen LogP contribution < -0.4 is 24.6 Å². The van der Waals surface area contributed by atoms with E-state index in [1.807, 2.05) is 48.5 Å². The molecule has 5 rings (SSSR count). The third-order valence-corrected chi connectivity index (χ3v) is 7.01. The second-order valence-corrected chi connectivity index (χ2v) is 8.91. The van der Waals surface area contributed by atoms with Crippen molar-refractivity contribution in [2.75, 3.05) is 43.7 Å². The fraction of sp³-hybridized carbons (Fsp3) is 0.321. The first-order chi connectivity index (χ1) is 16.7. The van der Waals surface area contributed by atoms with Gasteiger partial charge in [-0.2, -0.15) is 0 Å². The highest BCUT2D eigenvalue weighted by Gasteiger charge is 2.41. The topological polar surface area (TPSA) is 54.0 Å². The molecule has 1 N–H and O–H groups in total. The van der Waals surface area contributed by atoms with Crippen molar-refractivity contribution in [1.82, 2.24) is 5.32 Å². The van der Waals surface area contributed by atoms with E-state index in [-0.39, 0.29) is 17.9 Å². The van der Waals surface area contributed by atoms with Gasteiger partial charge < -0.3 is 24.6 Å². The van der Waals surface area contributed by atoms with E-state index in [0.717, 1.165) is 48.8 Å². The van der Waals surface area contributed by atoms with Crippen molar-refractivity contribution in [3.05, 3.63) is 83.9 Å². The summed E-state index contributed by atoms with van der Waals surface area (Å²) in [7, 11) is 3.38. The Labute approximate surface area is 201 Å². The smallest absolute Gasteiger partial charge is 0.225 e. The molecule has 34 heavy (non-hydrogen) atoms. The first-order valence-corrected chi connectivity index (χ1v) is 11.8. The Morgan fingerprint density at radius 1 is 0.941 bits per heavy atom. The van der Waals surface area contributed by atoms with Crippen LogP contribution in [0.2, 0.25) is 0 Å². The van der Waals surface area contributed by atoms with Crippen LogP contribution in [0.4, 0.5) is 11.4 Å². The van der Waals surface area contributed by atoms with Crippen LogP contribution in [0.25, 0.3) is 0 Å². The summed E-state index contributed by atoms with van der Waals surface area (Å²) in [6.07, 6.45) is 0.720. The summed E-state index contributed by atoms with van der Waals surface area (Å²) in [4.78, 5) is 18.3. The largest absolute Gasteiger partial charge is 0.497 e. The molecule has 0 unspecified atom stereocenters. The fourth-order valence-electron chi connectivity index (χ4n) is 5.15. The summed E-state index contributed by atoms with van der Waals surface area (Å²) in [6.45, 7) is 3.06. The number of nitrogens with zero attached hydrogens (tertiary/aromatic N) is 2. The normalized spacial score (nSPS) is 19.1. The van der Waals surface area contributed by atoms with Crippen molar-refractivity contribution >= 4 is 17.3 Å². The molecular formula is C28H31N3O3. The van der Waals surface area contributed by atoms with Gasteiger partial charge in [0.25, 0.3) is 0 Å². The van der Waals surface area contributed by atoms with Crippen LogP contribution in [-0.4, -0.2) is 45.8 Å². The zero-order valence-electron chi connectivity index (χ0n) is 19.7. The Bertz CT molecular complexity index is 1130. The van der Waals surface area contributed by atoms with Crippen molar-refractivity contribution in [3.8, 4) is 11.5 Å². The van der Waals surface area contributed by atoms with Gasteiger partial charge in [-0.1, -0.05) is 36.4 Å². The maximum Gasteiger partial charge on any atom is 0.225 e. The Balaban J connectivity index is 1.41. The molecule has 2 aliphatic rings. The summed E-state index contributed by atoms with van der Waals surface area (Å²) in [6, 6.07) is 24.5. The van der Waals surface area contributed by atoms with Crippen LogP contribution in [0.5, 0.6) is 11.5 Å². The van der Waals surface area contributed by atoms with Gasteiger partial charge in [0.15, 0.2) is 0 Å². The number of benzene rings is 3. The summed E-state index contributed by atoms with van der Waals surface area (Å²) in [5, 5.41) is 3.20. The van der Waals surface area contributed by atoms with Gasteiger partial charge in [-0.3, -0.25) is 4.79 Å². The standard InChI is InChI=1S/C28H31N3O3/c1-33-23-12-9-22(10-13-23)30-14-15-31-26-17-24(34-2)11-8-21(26)16-25(27(31)19-30)28(32)29-18-20-6-4-3-5-7-20/h3-13,17,25,27H,14-16,18-19H2,1-2H3,(H,29,32)/t25-,27+/m0/s1. The fourth-order valence-corrected chi connectivity index (χ4v) is 5.15. The number of fused-ring (bicyclic) bond motifs is 3. The zero-order valence-corrected chi connectivity index (χ0v) is 19.7. The quantitative estimate of drug-likeness (QED) is 0.609. The number of nitrogens with one attached hydrogen (secondary N) is 1. The number of ether oxygens (including phenoxy) is 2. The van der Waals surface area contributed by atoms with Gasteiger partial charge in [-0.15, -0.1) is 0 Å². The van der Waals surface area contributed by atoms with Crippen molar-refractivity contribution in [1.29, 1.82) is 0 Å². The molecule has 1 saturated heterocycles. The molecule has 0 aliphatic carbocycles. The van der Waals surface area contributed by atoms with Gasteiger partial charge in [0.2, 0.25) is 5.91 Å². The lowest BCUT2D eigenvalue weighted by Crippen LogP contribution is -2.61. The Kier molecular flexibility index (Phi) is 6.30. The predicted octanol–water partition coefficient (Wildman–Crippen LogP) is 3.89. The van der Waals surface area contributed by atoms with Crippen LogP contribution in [0.3, 0.4) is 0 Å². The summed E-state index contributed by atoms with van der Waals surface area (Å²) >= 11 is 0. The van der Waals surface area contributed by atoms with E-state index in [1.165, 1.54) is 11.3 Å². The molecule has 2 aliphatic heterocycles. The number of carbonyl (C=O) groups excluding carboxylic acids is 1. The molecule has 0 radical (unpaired) electrons. The molecule has 0 spiro atoms. The average Bonchev–Trinajstić information content (AvgIpc) is 2.91. The van der Waals surface area contributed by atoms with Gasteiger partial charge in [0.1, 0.15) is 11.5 Å². The Morgan fingerprint density at radius 2 is 1.68 bits per heavy atom. The van der Waals surface area contributed by atoms with E-state index in [2.05, 4.69) is 39.4 Å². The van der Waals surface area contributed by atoms with Crippen molar-refractivity contribution in [2.45, 2.75) is 19.0 Å². The Hall–Kier alpha value is -3.67. The molecule has 6 heteroatoms. The van der Waals surface area contributed by atoms with Gasteiger partial charge >= 0.3 is 0 Å². The van der Waals surface area contributed by atoms with E-state index < -0.39 is 0 Å². The van der Waals surface area contributed by atoms with E-state index in [1.54, 1.807) is 14.2 Å². The molecule has 3 aromatic rings. The van der Waals surface area contributed by atoms with E-state index in [0.29, 0.717) is 6.54 Å². The minimum Gasteiger partial charge on any atom is -0.497 e. The third kappa shape index (κ3) is 4.40. The highest BCUT2D eigenvalue weighted by molar-refractivity contribution is 5.82. The van der Waals surface area contributed by atoms with Crippen LogP contribution in [-0.2, 0) is 17.8 Å². The number of piperazine rings is 1. The molecule has 1 fully saturated rings. The van der Waals surface area contributed by atoms with Gasteiger partial charge in [-0.25, -0.2) is 0 Å². The SMILES string of the molecule is COc1ccc(N2CCN3c4cc(OC)ccc4C[C@H](C(=O)NCc4ccccc4)[C@H]3C2)cc1. The first kappa shape index (κ1) is 22.1. The predicted molar refractivity (Wildman–Crippen MR) is 135 cm³/mol. The summed E-state index contributed by atoms with van der Waals surface area (Å²) in [5.41, 5.74) is 4.65. The number of amides is 1. The number of carbonyl (C=O) groups is 1. The van der Waals surface area contributed by atoms with Gasteiger partial charge in [0, 0.05) is 43.6 Å². The number of hydrogen-bond donors (Lipinski definition) is 1. The highest BCUT2D eigenvalue weighted by atomic mass is 16.5. The minimum atomic E-state index is -0.134. The zero-order chi connectivity index (χ0) is 23.5. The lowest BCUT2D eigenvalue weighted by molar-refractivity contribution is -0.126. The average molecular weight is 458 g/mol. The molecule has 0 aromatic heterocycles. The molecule has 2 heterocycles. The van der Waals surface area contributed by atoms with Crippen molar-refractivity contribution in [3.63, 3.8) is 0 Å². The van der Waals surface area contributed by atoms with E-state index >= 15 is 0 Å². The number of hydrogen-bond acceptors (Lipinski definition) is 5. The maximum atomic E-state index is 13.5. The third-order valence-electron chi connectivity index (χ3n) is 7.01. The molecule has 1 amide bonds. The summed E-state index contributed by atoms with van der Waals surface area (Å²) in [5.74, 6) is 1.67. The second-order valence-electron chi connectivity index (χ2n) is 8.91. The summed E-state index contributed by atoms with van der Waals surface area (Å²) < 4.78 is 10.8. The van der Waals surface area contributed by atoms with Crippen LogP contribution >= 0.6 is 0 Å². The van der Waals surface area contributed by atoms with Crippen LogP contribution in [0, 0.1) is 5.92 Å². The van der Waals surface area contributed by atoms with E-state index in [4.69, 9.17) is 9.47 Å². The second kappa shape index (κ2) is 9.67. The van der Waals surface area contributed by atoms with Crippen molar-refractivity contribution < 1.29 is 14.3 Å². The molecule has 2 atom stereocenters. The number of anilines is 2. The molecule has 176 valence electrons. The molecule has 0 bridgehead atoms. The highest BCUT2D eigenvalue weighted by Crippen LogP contribution is 2.39. The monoisotopic (exact) mass is 457 g/mol. The maximum absolute atomic E-state index is 13.5. The van der Waals surface area contributed by atoms with Gasteiger partial charge in [0.05, 0.1) is 26.2 Å². The van der Waals surface area contributed by atoms with Crippen molar-refractivity contribution in [2.24, 2.45) is 5.92 Å². The van der Waals surface area contributed by atoms with E-state index in [9.17, 15) is 4.79 Å². The minimum absolute atomic E-state index is 0.0752. The van der Waals surface area contributed by atoms with Gasteiger partial charge in [-0.05, 0) is 47.9 Å². The lowest BCUT2D eigenvalue weighted by atomic mass is 9.83. The molecular weight excluding hydrogens is 426 g/mol. The number of rotatable bonds is 6. The molecule has 0 saturated carbocycles. The number of methoxy groups -OCH3 is 2. The first-order valence-electron chi connectivity index (χ1n) is 11.8. The molecule has 6 nitrogen and oxygen atoms in total. The Morgan fingerprint density at radius 3 is 2.41 bits per heavy atom. The lowest BCUT2D eigenvalue weighted by Gasteiger charge is -2.49. The van der Waals surface area contributed by atoms with Crippen LogP contribution in [0.15, 0.2) is 72.8 Å². The van der Waals surface area contributed by atoms with Crippen LogP contribution in [0.1, 0.15) is 11.1 Å². The molecule has 3 aromatic carbocycles.